The van der Waals surface area contributed by atoms with Gasteiger partial charge < -0.3 is 10.5 Å². The number of hydrogen-bond donors (Lipinski definition) is 1. The summed E-state index contributed by atoms with van der Waals surface area (Å²) in [6.45, 7) is 5.39. The molecule has 0 bridgehead atoms. The van der Waals surface area contributed by atoms with Gasteiger partial charge in [0.2, 0.25) is 0 Å². The van der Waals surface area contributed by atoms with Crippen LogP contribution >= 0.6 is 11.6 Å². The molecule has 0 unspecified atom stereocenters. The molecule has 0 aromatic heterocycles. The first-order chi connectivity index (χ1) is 6.91. The van der Waals surface area contributed by atoms with Gasteiger partial charge in [-0.05, 0) is 38.5 Å². The first kappa shape index (κ1) is 11.9. The van der Waals surface area contributed by atoms with Crippen LogP contribution in [0.25, 0.3) is 0 Å². The Bertz CT molecular complexity index is 388. The van der Waals surface area contributed by atoms with Crippen molar-refractivity contribution in [2.45, 2.75) is 26.9 Å². The molecule has 0 fully saturated rings. The van der Waals surface area contributed by atoms with Gasteiger partial charge in [0.05, 0.1) is 11.7 Å². The van der Waals surface area contributed by atoms with E-state index in [2.05, 4.69) is 0 Å². The van der Waals surface area contributed by atoms with E-state index in [1.165, 1.54) is 0 Å². The van der Waals surface area contributed by atoms with E-state index in [1.54, 1.807) is 26.0 Å². The van der Waals surface area contributed by atoms with Crippen molar-refractivity contribution in [2.24, 2.45) is 0 Å². The van der Waals surface area contributed by atoms with Gasteiger partial charge in [0.15, 0.2) is 0 Å². The highest BCUT2D eigenvalue weighted by Gasteiger charge is 2.14. The molecule has 1 aromatic carbocycles. The van der Waals surface area contributed by atoms with Gasteiger partial charge in [-0.15, -0.1) is 0 Å². The normalized spacial score (nSPS) is 10.5. The third-order valence-corrected chi connectivity index (χ3v) is 2.30. The predicted octanol–water partition coefficient (Wildman–Crippen LogP) is 2.80. The highest BCUT2D eigenvalue weighted by Crippen LogP contribution is 2.23. The molecule has 0 spiro atoms. The summed E-state index contributed by atoms with van der Waals surface area (Å²) in [7, 11) is 0. The summed E-state index contributed by atoms with van der Waals surface area (Å²) in [6, 6.07) is 3.20. The molecule has 0 radical (unpaired) electrons. The van der Waals surface area contributed by atoms with Crippen molar-refractivity contribution in [1.29, 1.82) is 0 Å². The van der Waals surface area contributed by atoms with E-state index in [0.717, 1.165) is 5.56 Å². The molecule has 0 atom stereocenters. The third kappa shape index (κ3) is 2.86. The Hall–Kier alpha value is -1.22. The van der Waals surface area contributed by atoms with E-state index in [0.29, 0.717) is 16.3 Å². The molecule has 0 amide bonds. The van der Waals surface area contributed by atoms with Crippen molar-refractivity contribution in [1.82, 2.24) is 0 Å². The topological polar surface area (TPSA) is 52.3 Å². The second-order valence-corrected chi connectivity index (χ2v) is 4.05. The van der Waals surface area contributed by atoms with Crippen molar-refractivity contribution < 1.29 is 9.53 Å². The molecule has 3 nitrogen and oxygen atoms in total. The van der Waals surface area contributed by atoms with E-state index in [4.69, 9.17) is 22.1 Å². The van der Waals surface area contributed by atoms with Crippen LogP contribution in [0.1, 0.15) is 29.8 Å². The zero-order valence-corrected chi connectivity index (χ0v) is 9.76. The van der Waals surface area contributed by atoms with E-state index < -0.39 is 5.97 Å². The molecule has 0 saturated carbocycles. The van der Waals surface area contributed by atoms with Gasteiger partial charge in [-0.3, -0.25) is 0 Å². The fourth-order valence-corrected chi connectivity index (χ4v) is 1.32. The molecule has 1 rings (SSSR count). The minimum atomic E-state index is -0.415. The number of nitrogens with two attached hydrogens (primary N) is 1. The summed E-state index contributed by atoms with van der Waals surface area (Å²) in [5, 5.41) is 0.550. The molecule has 4 heteroatoms. The van der Waals surface area contributed by atoms with Gasteiger partial charge in [-0.2, -0.15) is 0 Å². The molecule has 0 aliphatic rings. The number of rotatable bonds is 2. The molecular formula is C11H14ClNO2. The van der Waals surface area contributed by atoms with E-state index in [-0.39, 0.29) is 6.10 Å². The molecule has 0 heterocycles. The molecule has 2 N–H and O–H groups in total. The number of hydrogen-bond acceptors (Lipinski definition) is 3. The first-order valence-electron chi connectivity index (χ1n) is 4.68. The van der Waals surface area contributed by atoms with Crippen LogP contribution in [0.3, 0.4) is 0 Å². The third-order valence-electron chi connectivity index (χ3n) is 1.89. The van der Waals surface area contributed by atoms with Crippen molar-refractivity contribution in [3.63, 3.8) is 0 Å². The average molecular weight is 228 g/mol. The van der Waals surface area contributed by atoms with Crippen molar-refractivity contribution in [3.8, 4) is 0 Å². The molecule has 15 heavy (non-hydrogen) atoms. The Balaban J connectivity index is 3.04. The lowest BCUT2D eigenvalue weighted by Crippen LogP contribution is -2.13. The van der Waals surface area contributed by atoms with Gasteiger partial charge in [0, 0.05) is 10.7 Å². The lowest BCUT2D eigenvalue weighted by molar-refractivity contribution is 0.0379. The number of ether oxygens (including phenoxy) is 1. The maximum absolute atomic E-state index is 11.6. The standard InChI is InChI=1S/C11H14ClNO2/c1-6(2)15-11(14)8-4-7(3)9(12)5-10(8)13/h4-6H,13H2,1-3H3. The zero-order valence-electron chi connectivity index (χ0n) is 9.00. The molecule has 0 aliphatic carbocycles. The van der Waals surface area contributed by atoms with Crippen LogP contribution in [0.15, 0.2) is 12.1 Å². The zero-order chi connectivity index (χ0) is 11.6. The number of benzene rings is 1. The predicted molar refractivity (Wildman–Crippen MR) is 61.2 cm³/mol. The Morgan fingerprint density at radius 3 is 2.60 bits per heavy atom. The van der Waals surface area contributed by atoms with Gasteiger partial charge in [-0.25, -0.2) is 4.79 Å². The van der Waals surface area contributed by atoms with Gasteiger partial charge in [0.1, 0.15) is 0 Å². The number of carbonyl (C=O) groups excluding carboxylic acids is 1. The second-order valence-electron chi connectivity index (χ2n) is 3.64. The van der Waals surface area contributed by atoms with E-state index in [1.807, 2.05) is 6.92 Å². The number of nitrogen functional groups attached to an aromatic ring is 1. The fraction of sp³-hybridized carbons (Fsp3) is 0.364. The number of aryl methyl sites for hydroxylation is 1. The Labute approximate surface area is 94.2 Å². The van der Waals surface area contributed by atoms with Crippen LogP contribution < -0.4 is 5.73 Å². The van der Waals surface area contributed by atoms with Crippen LogP contribution in [0.4, 0.5) is 5.69 Å². The maximum Gasteiger partial charge on any atom is 0.340 e. The van der Waals surface area contributed by atoms with Gasteiger partial charge >= 0.3 is 5.97 Å². The summed E-state index contributed by atoms with van der Waals surface area (Å²) in [5.41, 5.74) is 7.20. The van der Waals surface area contributed by atoms with Crippen LogP contribution in [0, 0.1) is 6.92 Å². The van der Waals surface area contributed by atoms with Crippen LogP contribution in [-0.2, 0) is 4.74 Å². The lowest BCUT2D eigenvalue weighted by Gasteiger charge is -2.10. The number of halogens is 1. The molecule has 82 valence electrons. The second kappa shape index (κ2) is 4.53. The number of anilines is 1. The summed E-state index contributed by atoms with van der Waals surface area (Å²) in [6.07, 6.45) is -0.159. The number of carbonyl (C=O) groups is 1. The largest absolute Gasteiger partial charge is 0.459 e. The van der Waals surface area contributed by atoms with Crippen molar-refractivity contribution in [3.05, 3.63) is 28.3 Å². The van der Waals surface area contributed by atoms with Gasteiger partial charge in [0.25, 0.3) is 0 Å². The molecule has 0 saturated heterocycles. The summed E-state index contributed by atoms with van der Waals surface area (Å²) < 4.78 is 5.05. The summed E-state index contributed by atoms with van der Waals surface area (Å²) in [5.74, 6) is -0.415. The highest BCUT2D eigenvalue weighted by atomic mass is 35.5. The Morgan fingerprint density at radius 2 is 2.07 bits per heavy atom. The van der Waals surface area contributed by atoms with Crippen molar-refractivity contribution in [2.75, 3.05) is 5.73 Å². The lowest BCUT2D eigenvalue weighted by atomic mass is 10.1. The minimum absolute atomic E-state index is 0.159. The molecular weight excluding hydrogens is 214 g/mol. The number of esters is 1. The van der Waals surface area contributed by atoms with E-state index >= 15 is 0 Å². The SMILES string of the molecule is Cc1cc(C(=O)OC(C)C)c(N)cc1Cl. The van der Waals surface area contributed by atoms with Crippen LogP contribution in [0.2, 0.25) is 5.02 Å². The Kier molecular flexibility index (Phi) is 3.58. The Morgan fingerprint density at radius 1 is 1.47 bits per heavy atom. The fourth-order valence-electron chi connectivity index (χ4n) is 1.15. The van der Waals surface area contributed by atoms with E-state index in [9.17, 15) is 4.79 Å². The van der Waals surface area contributed by atoms with Crippen LogP contribution in [0.5, 0.6) is 0 Å². The quantitative estimate of drug-likeness (QED) is 0.624. The summed E-state index contributed by atoms with van der Waals surface area (Å²) in [4.78, 5) is 11.6. The smallest absolute Gasteiger partial charge is 0.340 e. The van der Waals surface area contributed by atoms with Crippen molar-refractivity contribution >= 4 is 23.3 Å². The maximum atomic E-state index is 11.6. The first-order valence-corrected chi connectivity index (χ1v) is 5.06. The van der Waals surface area contributed by atoms with Crippen LogP contribution in [-0.4, -0.2) is 12.1 Å². The summed E-state index contributed by atoms with van der Waals surface area (Å²) >= 11 is 5.86. The monoisotopic (exact) mass is 227 g/mol. The average Bonchev–Trinajstić information content (AvgIpc) is 2.09. The minimum Gasteiger partial charge on any atom is -0.459 e. The highest BCUT2D eigenvalue weighted by molar-refractivity contribution is 6.31. The molecule has 0 aliphatic heterocycles. The molecule has 1 aromatic rings. The van der Waals surface area contributed by atoms with Gasteiger partial charge in [-0.1, -0.05) is 11.6 Å².